The zero-order valence-corrected chi connectivity index (χ0v) is 14.7. The molecule has 1 aromatic heterocycles. The third-order valence-electron chi connectivity index (χ3n) is 4.01. The number of hydrogen-bond acceptors (Lipinski definition) is 5. The van der Waals surface area contributed by atoms with E-state index in [0.29, 0.717) is 30.2 Å². The summed E-state index contributed by atoms with van der Waals surface area (Å²) in [5, 5.41) is 3.43. The molecule has 0 saturated heterocycles. The quantitative estimate of drug-likeness (QED) is 0.908. The third kappa shape index (κ3) is 3.26. The second-order valence-corrected chi connectivity index (χ2v) is 6.89. The van der Waals surface area contributed by atoms with Gasteiger partial charge in [0.2, 0.25) is 0 Å². The number of aromatic nitrogens is 1. The van der Waals surface area contributed by atoms with Gasteiger partial charge in [0.1, 0.15) is 0 Å². The first-order valence-electron chi connectivity index (χ1n) is 7.68. The highest BCUT2D eigenvalue weighted by Crippen LogP contribution is 2.29. The van der Waals surface area contributed by atoms with E-state index in [1.807, 2.05) is 32.0 Å². The predicted molar refractivity (Wildman–Crippen MR) is 92.5 cm³/mol. The van der Waals surface area contributed by atoms with E-state index in [2.05, 4.69) is 10.3 Å². The summed E-state index contributed by atoms with van der Waals surface area (Å²) < 4.78 is 4.76. The van der Waals surface area contributed by atoms with Crippen LogP contribution in [-0.2, 0) is 17.7 Å². The molecule has 0 bridgehead atoms. The average Bonchev–Trinajstić information content (AvgIpc) is 2.95. The van der Waals surface area contributed by atoms with Gasteiger partial charge in [0, 0.05) is 23.4 Å². The second-order valence-electron chi connectivity index (χ2n) is 5.80. The topological polar surface area (TPSA) is 71.5 Å². The summed E-state index contributed by atoms with van der Waals surface area (Å²) in [7, 11) is 1.38. The smallest absolute Gasteiger partial charge is 0.409 e. The van der Waals surface area contributed by atoms with E-state index in [1.54, 1.807) is 4.90 Å². The number of amides is 2. The number of benzene rings is 1. The lowest BCUT2D eigenvalue weighted by Gasteiger charge is -2.24. The molecule has 1 aliphatic heterocycles. The van der Waals surface area contributed by atoms with Crippen molar-refractivity contribution < 1.29 is 14.3 Å². The van der Waals surface area contributed by atoms with Crippen molar-refractivity contribution in [2.24, 2.45) is 0 Å². The van der Waals surface area contributed by atoms with Crippen LogP contribution in [0, 0.1) is 13.8 Å². The Morgan fingerprint density at radius 3 is 2.83 bits per heavy atom. The maximum absolute atomic E-state index is 12.4. The number of ether oxygens (including phenoxy) is 1. The molecule has 0 saturated carbocycles. The maximum Gasteiger partial charge on any atom is 0.409 e. The number of rotatable bonds is 2. The minimum Gasteiger partial charge on any atom is -0.453 e. The molecular formula is C17H19N3O3S. The summed E-state index contributed by atoms with van der Waals surface area (Å²) in [6, 6.07) is 5.73. The number of aryl methyl sites for hydroxylation is 2. The van der Waals surface area contributed by atoms with Crippen LogP contribution in [0.3, 0.4) is 0 Å². The fraction of sp³-hybridized carbons (Fsp3) is 0.353. The van der Waals surface area contributed by atoms with Gasteiger partial charge in [-0.2, -0.15) is 0 Å². The Bertz CT molecular complexity index is 800. The number of fused-ring (bicyclic) bond motifs is 1. The van der Waals surface area contributed by atoms with Gasteiger partial charge in [-0.15, -0.1) is 0 Å². The minimum atomic E-state index is -0.338. The Morgan fingerprint density at radius 1 is 1.33 bits per heavy atom. The molecule has 0 aliphatic carbocycles. The van der Waals surface area contributed by atoms with Gasteiger partial charge in [-0.05, 0) is 25.5 Å². The summed E-state index contributed by atoms with van der Waals surface area (Å²) in [6.07, 6.45) is 0.329. The highest BCUT2D eigenvalue weighted by atomic mass is 32.1. The maximum atomic E-state index is 12.4. The number of nitrogens with one attached hydrogen (secondary N) is 1. The van der Waals surface area contributed by atoms with Gasteiger partial charge in [0.05, 0.1) is 19.3 Å². The number of thiazole rings is 1. The molecule has 0 spiro atoms. The third-order valence-corrected chi connectivity index (χ3v) is 5.01. The van der Waals surface area contributed by atoms with Gasteiger partial charge >= 0.3 is 6.09 Å². The molecule has 6 nitrogen and oxygen atoms in total. The lowest BCUT2D eigenvalue weighted by molar-refractivity contribution is 0.102. The van der Waals surface area contributed by atoms with Gasteiger partial charge in [-0.25, -0.2) is 9.78 Å². The van der Waals surface area contributed by atoms with Crippen molar-refractivity contribution in [3.05, 3.63) is 45.5 Å². The molecule has 7 heteroatoms. The summed E-state index contributed by atoms with van der Waals surface area (Å²) in [5.74, 6) is -0.163. The van der Waals surface area contributed by atoms with Crippen molar-refractivity contribution in [1.82, 2.24) is 9.88 Å². The van der Waals surface area contributed by atoms with E-state index < -0.39 is 0 Å². The molecule has 126 valence electrons. The van der Waals surface area contributed by atoms with Gasteiger partial charge in [-0.1, -0.05) is 29.0 Å². The van der Waals surface area contributed by atoms with E-state index in [-0.39, 0.29) is 12.0 Å². The first-order chi connectivity index (χ1) is 11.5. The number of methoxy groups -OCH3 is 1. The van der Waals surface area contributed by atoms with Crippen LogP contribution in [0.15, 0.2) is 18.2 Å². The van der Waals surface area contributed by atoms with Crippen molar-refractivity contribution in [3.63, 3.8) is 0 Å². The first-order valence-corrected chi connectivity index (χ1v) is 8.49. The van der Waals surface area contributed by atoms with Crippen LogP contribution in [0.4, 0.5) is 9.93 Å². The van der Waals surface area contributed by atoms with Crippen LogP contribution in [0.2, 0.25) is 0 Å². The number of carbonyl (C=O) groups excluding carboxylic acids is 2. The van der Waals surface area contributed by atoms with Crippen LogP contribution < -0.4 is 5.32 Å². The van der Waals surface area contributed by atoms with Gasteiger partial charge in [0.15, 0.2) is 5.13 Å². The van der Waals surface area contributed by atoms with Crippen molar-refractivity contribution in [3.8, 4) is 0 Å². The average molecular weight is 345 g/mol. The van der Waals surface area contributed by atoms with E-state index >= 15 is 0 Å². The van der Waals surface area contributed by atoms with Crippen molar-refractivity contribution in [2.75, 3.05) is 19.0 Å². The molecule has 24 heavy (non-hydrogen) atoms. The van der Waals surface area contributed by atoms with E-state index in [1.165, 1.54) is 18.4 Å². The summed E-state index contributed by atoms with van der Waals surface area (Å²) in [6.45, 7) is 4.96. The molecule has 0 fully saturated rings. The van der Waals surface area contributed by atoms with Crippen LogP contribution in [0.25, 0.3) is 0 Å². The summed E-state index contributed by atoms with van der Waals surface area (Å²) in [5.41, 5.74) is 3.64. The molecule has 3 rings (SSSR count). The van der Waals surface area contributed by atoms with E-state index in [4.69, 9.17) is 4.74 Å². The van der Waals surface area contributed by atoms with Crippen LogP contribution in [-0.4, -0.2) is 35.5 Å². The number of carbonyl (C=O) groups is 2. The first kappa shape index (κ1) is 16.4. The molecule has 2 amide bonds. The molecule has 1 aromatic carbocycles. The monoisotopic (exact) mass is 345 g/mol. The fourth-order valence-corrected chi connectivity index (χ4v) is 3.79. The van der Waals surface area contributed by atoms with Gasteiger partial charge in [-0.3, -0.25) is 10.1 Å². The molecular weight excluding hydrogens is 326 g/mol. The number of nitrogens with zero attached hydrogens (tertiary/aromatic N) is 2. The summed E-state index contributed by atoms with van der Waals surface area (Å²) >= 11 is 1.41. The predicted octanol–water partition coefficient (Wildman–Crippen LogP) is 3.14. The fourth-order valence-electron chi connectivity index (χ4n) is 2.77. The second kappa shape index (κ2) is 6.60. The van der Waals surface area contributed by atoms with E-state index in [9.17, 15) is 9.59 Å². The van der Waals surface area contributed by atoms with Crippen molar-refractivity contribution in [2.45, 2.75) is 26.8 Å². The molecule has 0 unspecified atom stereocenters. The number of anilines is 1. The Balaban J connectivity index is 1.74. The summed E-state index contributed by atoms with van der Waals surface area (Å²) in [4.78, 5) is 31.2. The molecule has 1 N–H and O–H groups in total. The van der Waals surface area contributed by atoms with Crippen molar-refractivity contribution >= 4 is 28.5 Å². The van der Waals surface area contributed by atoms with E-state index in [0.717, 1.165) is 21.7 Å². The minimum absolute atomic E-state index is 0.163. The lowest BCUT2D eigenvalue weighted by atomic mass is 10.1. The highest BCUT2D eigenvalue weighted by molar-refractivity contribution is 7.15. The Kier molecular flexibility index (Phi) is 4.53. The lowest BCUT2D eigenvalue weighted by Crippen LogP contribution is -2.35. The van der Waals surface area contributed by atoms with Crippen LogP contribution in [0.5, 0.6) is 0 Å². The van der Waals surface area contributed by atoms with Gasteiger partial charge < -0.3 is 9.64 Å². The zero-order chi connectivity index (χ0) is 17.3. The zero-order valence-electron chi connectivity index (χ0n) is 13.9. The van der Waals surface area contributed by atoms with Crippen LogP contribution in [0.1, 0.15) is 32.1 Å². The Morgan fingerprint density at radius 2 is 2.12 bits per heavy atom. The Hall–Kier alpha value is -2.41. The Labute approximate surface area is 144 Å². The normalized spacial score (nSPS) is 13.4. The molecule has 2 aromatic rings. The van der Waals surface area contributed by atoms with Gasteiger partial charge in [0.25, 0.3) is 5.91 Å². The highest BCUT2D eigenvalue weighted by Gasteiger charge is 2.25. The SMILES string of the molecule is COC(=O)N1CCc2nc(NC(=O)c3ccc(C)cc3C)sc2C1. The molecule has 0 atom stereocenters. The molecule has 2 heterocycles. The largest absolute Gasteiger partial charge is 0.453 e. The number of hydrogen-bond donors (Lipinski definition) is 1. The molecule has 1 aliphatic rings. The van der Waals surface area contributed by atoms with Crippen molar-refractivity contribution in [1.29, 1.82) is 0 Å². The van der Waals surface area contributed by atoms with Crippen LogP contribution >= 0.6 is 11.3 Å². The standard InChI is InChI=1S/C17H19N3O3S/c1-10-4-5-12(11(2)8-10)15(21)19-16-18-13-6-7-20(17(22)23-3)9-14(13)24-16/h4-5,8H,6-7,9H2,1-3H3,(H,18,19,21). The molecule has 0 radical (unpaired) electrons.